The molecular formula is C14H24NO4+. The molecule has 1 aromatic carbocycles. The van der Waals surface area contributed by atoms with Gasteiger partial charge in [-0.15, -0.1) is 0 Å². The molecule has 1 atom stereocenters. The third kappa shape index (κ3) is 4.29. The Morgan fingerprint density at radius 1 is 1.00 bits per heavy atom. The van der Waals surface area contributed by atoms with Gasteiger partial charge >= 0.3 is 0 Å². The Hall–Kier alpha value is -1.46. The van der Waals surface area contributed by atoms with Crippen molar-refractivity contribution in [2.75, 3.05) is 35.0 Å². The highest BCUT2D eigenvalue weighted by molar-refractivity contribution is 5.53. The highest BCUT2D eigenvalue weighted by atomic mass is 16.5. The van der Waals surface area contributed by atoms with E-state index < -0.39 is 0 Å². The highest BCUT2D eigenvalue weighted by Gasteiger charge is 2.14. The number of benzene rings is 1. The molecule has 0 unspecified atom stereocenters. The van der Waals surface area contributed by atoms with E-state index in [0.29, 0.717) is 23.3 Å². The number of hydrogen-bond donors (Lipinski definition) is 1. The molecule has 0 radical (unpaired) electrons. The SMILES string of the molecule is COC[C@H](C)[NH2+]Cc1cc(OC)c(OC)c(OC)c1. The summed E-state index contributed by atoms with van der Waals surface area (Å²) >= 11 is 0. The van der Waals surface area contributed by atoms with Crippen LogP contribution in [0.1, 0.15) is 12.5 Å². The molecule has 0 aliphatic carbocycles. The van der Waals surface area contributed by atoms with E-state index in [4.69, 9.17) is 18.9 Å². The largest absolute Gasteiger partial charge is 0.493 e. The Morgan fingerprint density at radius 2 is 1.58 bits per heavy atom. The van der Waals surface area contributed by atoms with Gasteiger partial charge in [-0.25, -0.2) is 0 Å². The summed E-state index contributed by atoms with van der Waals surface area (Å²) in [5, 5.41) is 2.21. The molecule has 0 aliphatic heterocycles. The van der Waals surface area contributed by atoms with Crippen LogP contribution in [0.5, 0.6) is 17.2 Å². The van der Waals surface area contributed by atoms with Gasteiger partial charge in [0.1, 0.15) is 12.6 Å². The molecular weight excluding hydrogens is 246 g/mol. The van der Waals surface area contributed by atoms with Gasteiger partial charge in [0.2, 0.25) is 5.75 Å². The summed E-state index contributed by atoms with van der Waals surface area (Å²) in [6.45, 7) is 3.69. The van der Waals surface area contributed by atoms with Gasteiger partial charge in [0.25, 0.3) is 0 Å². The van der Waals surface area contributed by atoms with Crippen LogP contribution in [0.25, 0.3) is 0 Å². The van der Waals surface area contributed by atoms with E-state index in [1.54, 1.807) is 28.4 Å². The van der Waals surface area contributed by atoms with Crippen LogP contribution in [0.4, 0.5) is 0 Å². The van der Waals surface area contributed by atoms with Crippen LogP contribution < -0.4 is 19.5 Å². The van der Waals surface area contributed by atoms with E-state index in [-0.39, 0.29) is 0 Å². The summed E-state index contributed by atoms with van der Waals surface area (Å²) in [4.78, 5) is 0. The molecule has 5 nitrogen and oxygen atoms in total. The molecule has 0 saturated carbocycles. The second kappa shape index (κ2) is 7.86. The van der Waals surface area contributed by atoms with E-state index in [1.165, 1.54) is 0 Å². The van der Waals surface area contributed by atoms with Gasteiger partial charge in [-0.05, 0) is 19.1 Å². The first-order valence-corrected chi connectivity index (χ1v) is 6.27. The van der Waals surface area contributed by atoms with Crippen LogP contribution in [-0.4, -0.2) is 41.1 Å². The normalized spacial score (nSPS) is 12.1. The topological polar surface area (TPSA) is 53.5 Å². The summed E-state index contributed by atoms with van der Waals surface area (Å²) in [6, 6.07) is 4.35. The van der Waals surface area contributed by atoms with Crippen molar-refractivity contribution in [1.29, 1.82) is 0 Å². The lowest BCUT2D eigenvalue weighted by Gasteiger charge is -2.15. The molecule has 1 rings (SSSR count). The molecule has 0 amide bonds. The zero-order valence-corrected chi connectivity index (χ0v) is 12.4. The number of methoxy groups -OCH3 is 4. The third-order valence-electron chi connectivity index (χ3n) is 2.91. The van der Waals surface area contributed by atoms with Crippen LogP contribution in [0.15, 0.2) is 12.1 Å². The Bertz CT molecular complexity index is 370. The monoisotopic (exact) mass is 270 g/mol. The van der Waals surface area contributed by atoms with E-state index in [0.717, 1.165) is 18.7 Å². The fraction of sp³-hybridized carbons (Fsp3) is 0.571. The van der Waals surface area contributed by atoms with Gasteiger partial charge in [0, 0.05) is 12.7 Å². The second-order valence-corrected chi connectivity index (χ2v) is 4.41. The molecule has 1 aromatic rings. The first-order valence-electron chi connectivity index (χ1n) is 6.27. The molecule has 108 valence electrons. The lowest BCUT2D eigenvalue weighted by molar-refractivity contribution is -0.702. The average molecular weight is 270 g/mol. The third-order valence-corrected chi connectivity index (χ3v) is 2.91. The summed E-state index contributed by atoms with van der Waals surface area (Å²) in [5.41, 5.74) is 1.12. The number of quaternary nitrogens is 1. The molecule has 0 heterocycles. The zero-order valence-electron chi connectivity index (χ0n) is 12.4. The van der Waals surface area contributed by atoms with Crippen LogP contribution >= 0.6 is 0 Å². The number of ether oxygens (including phenoxy) is 4. The van der Waals surface area contributed by atoms with Gasteiger partial charge in [-0.2, -0.15) is 0 Å². The van der Waals surface area contributed by atoms with Gasteiger partial charge in [-0.1, -0.05) is 0 Å². The van der Waals surface area contributed by atoms with Crippen molar-refractivity contribution >= 4 is 0 Å². The van der Waals surface area contributed by atoms with Crippen molar-refractivity contribution in [1.82, 2.24) is 0 Å². The Morgan fingerprint density at radius 3 is 2.00 bits per heavy atom. The molecule has 0 aliphatic rings. The standard InChI is InChI=1S/C14H23NO4/c1-10(9-16-2)15-8-11-6-12(17-3)14(19-5)13(7-11)18-4/h6-7,10,15H,8-9H2,1-5H3/p+1/t10-/m0/s1. The summed E-state index contributed by atoms with van der Waals surface area (Å²) in [7, 11) is 6.56. The predicted octanol–water partition coefficient (Wildman–Crippen LogP) is 0.811. The molecule has 0 bridgehead atoms. The van der Waals surface area contributed by atoms with Crippen molar-refractivity contribution in [3.8, 4) is 17.2 Å². The fourth-order valence-electron chi connectivity index (χ4n) is 1.92. The lowest BCUT2D eigenvalue weighted by Crippen LogP contribution is -2.88. The molecule has 19 heavy (non-hydrogen) atoms. The van der Waals surface area contributed by atoms with Gasteiger partial charge in [-0.3, -0.25) is 0 Å². The maximum Gasteiger partial charge on any atom is 0.203 e. The molecule has 0 fully saturated rings. The van der Waals surface area contributed by atoms with Crippen LogP contribution in [-0.2, 0) is 11.3 Å². The van der Waals surface area contributed by atoms with E-state index in [2.05, 4.69) is 12.2 Å². The lowest BCUT2D eigenvalue weighted by atomic mass is 10.1. The van der Waals surface area contributed by atoms with Crippen LogP contribution in [0.3, 0.4) is 0 Å². The minimum Gasteiger partial charge on any atom is -0.493 e. The van der Waals surface area contributed by atoms with Gasteiger partial charge < -0.3 is 24.3 Å². The molecule has 0 aromatic heterocycles. The van der Waals surface area contributed by atoms with Crippen molar-refractivity contribution in [3.05, 3.63) is 17.7 Å². The number of rotatable bonds is 8. The Balaban J connectivity index is 2.84. The predicted molar refractivity (Wildman–Crippen MR) is 73.1 cm³/mol. The average Bonchev–Trinajstić information content (AvgIpc) is 2.44. The minimum atomic E-state index is 0.407. The van der Waals surface area contributed by atoms with Crippen LogP contribution in [0, 0.1) is 0 Å². The maximum absolute atomic E-state index is 5.33. The fourth-order valence-corrected chi connectivity index (χ4v) is 1.92. The first kappa shape index (κ1) is 15.6. The van der Waals surface area contributed by atoms with Crippen molar-refractivity contribution in [2.24, 2.45) is 0 Å². The molecule has 5 heteroatoms. The second-order valence-electron chi connectivity index (χ2n) is 4.41. The molecule has 0 spiro atoms. The number of nitrogens with two attached hydrogens (primary N) is 1. The summed E-state index contributed by atoms with van der Waals surface area (Å²) < 4.78 is 21.1. The Labute approximate surface area is 114 Å². The number of hydrogen-bond acceptors (Lipinski definition) is 4. The van der Waals surface area contributed by atoms with Crippen molar-refractivity contribution < 1.29 is 24.3 Å². The van der Waals surface area contributed by atoms with Gasteiger partial charge in [0.05, 0.1) is 27.9 Å². The van der Waals surface area contributed by atoms with E-state index in [9.17, 15) is 0 Å². The minimum absolute atomic E-state index is 0.407. The maximum atomic E-state index is 5.33. The van der Waals surface area contributed by atoms with Crippen molar-refractivity contribution in [2.45, 2.75) is 19.5 Å². The molecule has 0 saturated heterocycles. The highest BCUT2D eigenvalue weighted by Crippen LogP contribution is 2.37. The Kier molecular flexibility index (Phi) is 6.45. The van der Waals surface area contributed by atoms with E-state index in [1.807, 2.05) is 12.1 Å². The zero-order chi connectivity index (χ0) is 14.3. The summed E-state index contributed by atoms with van der Waals surface area (Å²) in [5.74, 6) is 1.99. The summed E-state index contributed by atoms with van der Waals surface area (Å²) in [6.07, 6.45) is 0. The van der Waals surface area contributed by atoms with E-state index >= 15 is 0 Å². The van der Waals surface area contributed by atoms with Crippen molar-refractivity contribution in [3.63, 3.8) is 0 Å². The molecule has 2 N–H and O–H groups in total. The smallest absolute Gasteiger partial charge is 0.203 e. The van der Waals surface area contributed by atoms with Crippen LogP contribution in [0.2, 0.25) is 0 Å². The quantitative estimate of drug-likeness (QED) is 0.759. The van der Waals surface area contributed by atoms with Gasteiger partial charge in [0.15, 0.2) is 11.5 Å². The first-order chi connectivity index (χ1) is 9.15.